The molecule has 4 saturated carbocycles. The van der Waals surface area contributed by atoms with Gasteiger partial charge >= 0.3 is 0 Å². The van der Waals surface area contributed by atoms with Gasteiger partial charge < -0.3 is 19.8 Å². The standard InChI is InChI=1S/C26H34N6O2/c33-23(31-3-1-19-21(12-31)29-15-27-19)10-25-6-17-5-18(7-25)9-26(8-17,14-25)11-24(34)32-4-2-20-22(13-32)30-16-28-20/h15-18H,1-14H2,(H,27,29)(H,28,30). The van der Waals surface area contributed by atoms with Gasteiger partial charge in [-0.3, -0.25) is 9.59 Å². The predicted octanol–water partition coefficient (Wildman–Crippen LogP) is 2.97. The van der Waals surface area contributed by atoms with Crippen LogP contribution in [0.25, 0.3) is 0 Å². The zero-order valence-corrected chi connectivity index (χ0v) is 19.8. The van der Waals surface area contributed by atoms with E-state index in [0.29, 0.717) is 49.6 Å². The van der Waals surface area contributed by atoms with Gasteiger partial charge in [0.05, 0.1) is 48.5 Å². The molecule has 0 atom stereocenters. The van der Waals surface area contributed by atoms with E-state index in [4.69, 9.17) is 0 Å². The Morgan fingerprint density at radius 1 is 0.824 bits per heavy atom. The number of nitrogens with zero attached hydrogens (tertiary/aromatic N) is 4. The van der Waals surface area contributed by atoms with Crippen molar-refractivity contribution in [1.29, 1.82) is 0 Å². The molecule has 2 aromatic heterocycles. The average molecular weight is 463 g/mol. The maximum absolute atomic E-state index is 13.5. The number of aromatic nitrogens is 4. The highest BCUT2D eigenvalue weighted by atomic mass is 16.2. The van der Waals surface area contributed by atoms with Gasteiger partial charge in [-0.15, -0.1) is 0 Å². The minimum atomic E-state index is 0.0914. The van der Waals surface area contributed by atoms with E-state index in [2.05, 4.69) is 19.9 Å². The molecular weight excluding hydrogens is 428 g/mol. The van der Waals surface area contributed by atoms with Crippen LogP contribution in [0, 0.1) is 22.7 Å². The molecule has 2 amide bonds. The van der Waals surface area contributed by atoms with Crippen molar-refractivity contribution in [2.24, 2.45) is 22.7 Å². The molecule has 0 unspecified atom stereocenters. The Labute approximate surface area is 199 Å². The smallest absolute Gasteiger partial charge is 0.223 e. The fraction of sp³-hybridized carbons (Fsp3) is 0.692. The van der Waals surface area contributed by atoms with Crippen LogP contribution in [0.2, 0.25) is 0 Å². The third kappa shape index (κ3) is 3.40. The Morgan fingerprint density at radius 3 is 1.76 bits per heavy atom. The summed E-state index contributed by atoms with van der Waals surface area (Å²) < 4.78 is 0. The van der Waals surface area contributed by atoms with E-state index in [-0.39, 0.29) is 10.8 Å². The Bertz CT molecular complexity index is 1040. The number of nitrogens with one attached hydrogen (secondary N) is 2. The number of aromatic amines is 2. The van der Waals surface area contributed by atoms with E-state index in [1.165, 1.54) is 32.1 Å². The van der Waals surface area contributed by atoms with Crippen LogP contribution in [0.4, 0.5) is 0 Å². The molecule has 0 saturated heterocycles. The molecule has 4 heterocycles. The largest absolute Gasteiger partial charge is 0.347 e. The van der Waals surface area contributed by atoms with Gasteiger partial charge in [0.15, 0.2) is 0 Å². The van der Waals surface area contributed by atoms with Crippen molar-refractivity contribution in [3.05, 3.63) is 35.4 Å². The molecule has 34 heavy (non-hydrogen) atoms. The molecule has 0 radical (unpaired) electrons. The number of hydrogen-bond donors (Lipinski definition) is 2. The van der Waals surface area contributed by atoms with Crippen molar-refractivity contribution < 1.29 is 9.59 Å². The van der Waals surface area contributed by atoms with Gasteiger partial charge in [-0.2, -0.15) is 0 Å². The number of hydrogen-bond acceptors (Lipinski definition) is 4. The zero-order chi connectivity index (χ0) is 22.9. The second-order valence-corrected chi connectivity index (χ2v) is 12.1. The number of H-pyrrole nitrogens is 2. The van der Waals surface area contributed by atoms with Crippen molar-refractivity contribution in [1.82, 2.24) is 29.7 Å². The first kappa shape index (κ1) is 20.7. The van der Waals surface area contributed by atoms with Crippen molar-refractivity contribution in [3.63, 3.8) is 0 Å². The highest BCUT2D eigenvalue weighted by Crippen LogP contribution is 2.67. The van der Waals surface area contributed by atoms with E-state index < -0.39 is 0 Å². The van der Waals surface area contributed by atoms with E-state index in [1.54, 1.807) is 12.7 Å². The summed E-state index contributed by atoms with van der Waals surface area (Å²) in [5.74, 6) is 1.96. The fourth-order valence-electron chi connectivity index (χ4n) is 8.78. The summed E-state index contributed by atoms with van der Waals surface area (Å²) in [7, 11) is 0. The van der Waals surface area contributed by atoms with Crippen molar-refractivity contribution >= 4 is 11.8 Å². The Balaban J connectivity index is 1.06. The summed E-state index contributed by atoms with van der Waals surface area (Å²) in [5.41, 5.74) is 4.58. The second kappa shape index (κ2) is 7.43. The minimum absolute atomic E-state index is 0.0914. The van der Waals surface area contributed by atoms with Crippen molar-refractivity contribution in [3.8, 4) is 0 Å². The molecular formula is C26H34N6O2. The Morgan fingerprint density at radius 2 is 1.29 bits per heavy atom. The topological polar surface area (TPSA) is 98.0 Å². The summed E-state index contributed by atoms with van der Waals surface area (Å²) in [6, 6.07) is 0. The van der Waals surface area contributed by atoms with E-state index in [0.717, 1.165) is 55.1 Å². The van der Waals surface area contributed by atoms with Crippen LogP contribution in [-0.2, 0) is 35.5 Å². The van der Waals surface area contributed by atoms with E-state index in [1.807, 2.05) is 9.80 Å². The summed E-state index contributed by atoms with van der Waals surface area (Å²) in [5, 5.41) is 0. The lowest BCUT2D eigenvalue weighted by molar-refractivity contribution is -0.155. The highest BCUT2D eigenvalue weighted by Gasteiger charge is 2.58. The molecule has 4 fully saturated rings. The van der Waals surface area contributed by atoms with Crippen molar-refractivity contribution in [2.45, 2.75) is 77.3 Å². The van der Waals surface area contributed by atoms with Gasteiger partial charge in [0, 0.05) is 38.8 Å². The summed E-state index contributed by atoms with van der Waals surface area (Å²) in [6.45, 7) is 2.86. The normalized spacial score (nSPS) is 33.6. The molecule has 8 rings (SSSR count). The maximum atomic E-state index is 13.5. The lowest BCUT2D eigenvalue weighted by Gasteiger charge is -2.62. The first-order valence-corrected chi connectivity index (χ1v) is 13.1. The third-order valence-corrected chi connectivity index (χ3v) is 9.61. The molecule has 180 valence electrons. The van der Waals surface area contributed by atoms with Gasteiger partial charge in [-0.25, -0.2) is 9.97 Å². The lowest BCUT2D eigenvalue weighted by atomic mass is 9.43. The van der Waals surface area contributed by atoms with E-state index in [9.17, 15) is 9.59 Å². The SMILES string of the molecule is O=C(CC12CC3CC(C1)CC(CC(=O)N1CCc4nc[nH]c4C1)(C3)C2)N1CCc2nc[nH]c2C1. The molecule has 4 bridgehead atoms. The quantitative estimate of drug-likeness (QED) is 0.730. The lowest BCUT2D eigenvalue weighted by Crippen LogP contribution is -2.55. The van der Waals surface area contributed by atoms with E-state index >= 15 is 0 Å². The van der Waals surface area contributed by atoms with Gasteiger partial charge in [0.1, 0.15) is 0 Å². The first-order valence-electron chi connectivity index (χ1n) is 13.1. The van der Waals surface area contributed by atoms with Gasteiger partial charge in [0.25, 0.3) is 0 Å². The van der Waals surface area contributed by atoms with Crippen molar-refractivity contribution in [2.75, 3.05) is 13.1 Å². The van der Waals surface area contributed by atoms with Crippen LogP contribution in [0.15, 0.2) is 12.7 Å². The number of imidazole rings is 2. The Kier molecular flexibility index (Phi) is 4.52. The number of fused-ring (bicyclic) bond motifs is 2. The molecule has 0 aromatic carbocycles. The number of carbonyl (C=O) groups excluding carboxylic acids is 2. The predicted molar refractivity (Wildman–Crippen MR) is 124 cm³/mol. The zero-order valence-electron chi connectivity index (χ0n) is 19.8. The van der Waals surface area contributed by atoms with Gasteiger partial charge in [0.2, 0.25) is 11.8 Å². The maximum Gasteiger partial charge on any atom is 0.223 e. The number of rotatable bonds is 4. The molecule has 4 aliphatic carbocycles. The molecule has 6 aliphatic rings. The highest BCUT2D eigenvalue weighted by molar-refractivity contribution is 5.78. The molecule has 0 spiro atoms. The fourth-order valence-corrected chi connectivity index (χ4v) is 8.78. The second-order valence-electron chi connectivity index (χ2n) is 12.1. The Hall–Kier alpha value is -2.64. The number of carbonyl (C=O) groups is 2. The summed E-state index contributed by atoms with van der Waals surface area (Å²) in [6.07, 6.45) is 13.5. The van der Waals surface area contributed by atoms with Crippen LogP contribution in [0.3, 0.4) is 0 Å². The average Bonchev–Trinajstić information content (AvgIpc) is 3.45. The van der Waals surface area contributed by atoms with Crippen LogP contribution >= 0.6 is 0 Å². The molecule has 2 aliphatic heterocycles. The summed E-state index contributed by atoms with van der Waals surface area (Å²) in [4.78, 5) is 46.2. The van der Waals surface area contributed by atoms with Crippen LogP contribution in [0.1, 0.15) is 74.1 Å². The minimum Gasteiger partial charge on any atom is -0.347 e. The molecule has 2 aromatic rings. The number of amides is 2. The summed E-state index contributed by atoms with van der Waals surface area (Å²) >= 11 is 0. The third-order valence-electron chi connectivity index (χ3n) is 9.61. The van der Waals surface area contributed by atoms with Gasteiger partial charge in [-0.05, 0) is 61.2 Å². The van der Waals surface area contributed by atoms with Crippen LogP contribution in [-0.4, -0.2) is 54.6 Å². The molecule has 8 nitrogen and oxygen atoms in total. The first-order chi connectivity index (χ1) is 16.5. The monoisotopic (exact) mass is 462 g/mol. The van der Waals surface area contributed by atoms with Crippen LogP contribution < -0.4 is 0 Å². The van der Waals surface area contributed by atoms with Gasteiger partial charge in [-0.1, -0.05) is 0 Å². The van der Waals surface area contributed by atoms with Crippen LogP contribution in [0.5, 0.6) is 0 Å². The molecule has 2 N–H and O–H groups in total. The molecule has 8 heteroatoms.